The zero-order chi connectivity index (χ0) is 14.6. The molecule has 2 N–H and O–H groups in total. The number of carboxylic acid groups (broad SMARTS) is 1. The second-order valence-corrected chi connectivity index (χ2v) is 5.35. The first kappa shape index (κ1) is 15.0. The summed E-state index contributed by atoms with van der Waals surface area (Å²) in [6, 6.07) is 7.14. The average molecular weight is 264 g/mol. The number of nitrogens with one attached hydrogen (secondary N) is 1. The molecule has 0 fully saturated rings. The van der Waals surface area contributed by atoms with Crippen LogP contribution in [-0.4, -0.2) is 36.6 Å². The van der Waals surface area contributed by atoms with Gasteiger partial charge in [0.05, 0.1) is 6.42 Å². The Bertz CT molecular complexity index is 464. The maximum absolute atomic E-state index is 12.0. The SMILES string of the molecule is CN(C)c1ccc(C(=O)NC(C)(C)CC(=O)O)cc1. The Morgan fingerprint density at radius 2 is 1.74 bits per heavy atom. The van der Waals surface area contributed by atoms with E-state index in [1.54, 1.807) is 26.0 Å². The van der Waals surface area contributed by atoms with E-state index in [9.17, 15) is 9.59 Å². The van der Waals surface area contributed by atoms with Crippen molar-refractivity contribution in [2.24, 2.45) is 0 Å². The number of amides is 1. The fraction of sp³-hybridized carbons (Fsp3) is 0.429. The zero-order valence-corrected chi connectivity index (χ0v) is 11.7. The van der Waals surface area contributed by atoms with Crippen molar-refractivity contribution in [3.8, 4) is 0 Å². The molecule has 0 saturated heterocycles. The lowest BCUT2D eigenvalue weighted by Gasteiger charge is -2.24. The fourth-order valence-corrected chi connectivity index (χ4v) is 1.71. The molecule has 0 unspecified atom stereocenters. The Morgan fingerprint density at radius 3 is 2.16 bits per heavy atom. The minimum atomic E-state index is -0.937. The van der Waals surface area contributed by atoms with Gasteiger partial charge in [0.2, 0.25) is 0 Å². The van der Waals surface area contributed by atoms with Gasteiger partial charge < -0.3 is 15.3 Å². The Hall–Kier alpha value is -2.04. The van der Waals surface area contributed by atoms with Gasteiger partial charge in [0.25, 0.3) is 5.91 Å². The molecule has 5 nitrogen and oxygen atoms in total. The summed E-state index contributed by atoms with van der Waals surface area (Å²) in [6.45, 7) is 3.38. The van der Waals surface area contributed by atoms with Gasteiger partial charge in [-0.3, -0.25) is 9.59 Å². The Kier molecular flexibility index (Phi) is 4.53. The first-order valence-corrected chi connectivity index (χ1v) is 6.03. The van der Waals surface area contributed by atoms with E-state index in [0.717, 1.165) is 5.69 Å². The van der Waals surface area contributed by atoms with Crippen LogP contribution in [0.1, 0.15) is 30.6 Å². The maximum atomic E-state index is 12.0. The minimum Gasteiger partial charge on any atom is -0.481 e. The second kappa shape index (κ2) is 5.73. The highest BCUT2D eigenvalue weighted by atomic mass is 16.4. The molecule has 0 radical (unpaired) electrons. The highest BCUT2D eigenvalue weighted by Crippen LogP contribution is 2.14. The first-order valence-electron chi connectivity index (χ1n) is 6.03. The normalized spacial score (nSPS) is 10.9. The summed E-state index contributed by atoms with van der Waals surface area (Å²) >= 11 is 0. The summed E-state index contributed by atoms with van der Waals surface area (Å²) in [6.07, 6.45) is -0.117. The summed E-state index contributed by atoms with van der Waals surface area (Å²) in [5.41, 5.74) is 0.744. The van der Waals surface area contributed by atoms with Crippen molar-refractivity contribution in [2.45, 2.75) is 25.8 Å². The van der Waals surface area contributed by atoms with Gasteiger partial charge in [-0.25, -0.2) is 0 Å². The van der Waals surface area contributed by atoms with E-state index in [1.165, 1.54) is 0 Å². The molecule has 0 atom stereocenters. The van der Waals surface area contributed by atoms with Crippen molar-refractivity contribution in [2.75, 3.05) is 19.0 Å². The minimum absolute atomic E-state index is 0.117. The number of carbonyl (C=O) groups is 2. The van der Waals surface area contributed by atoms with Crippen molar-refractivity contribution in [1.29, 1.82) is 0 Å². The number of nitrogens with zero attached hydrogens (tertiary/aromatic N) is 1. The number of anilines is 1. The van der Waals surface area contributed by atoms with E-state index in [1.807, 2.05) is 31.1 Å². The van der Waals surface area contributed by atoms with Crippen LogP contribution in [0.5, 0.6) is 0 Å². The fourth-order valence-electron chi connectivity index (χ4n) is 1.71. The molecular formula is C14H20N2O3. The first-order chi connectivity index (χ1) is 8.71. The molecule has 1 rings (SSSR count). The van der Waals surface area contributed by atoms with E-state index in [4.69, 9.17) is 5.11 Å². The third-order valence-corrected chi connectivity index (χ3v) is 2.69. The van der Waals surface area contributed by atoms with Crippen molar-refractivity contribution in [1.82, 2.24) is 5.32 Å². The summed E-state index contributed by atoms with van der Waals surface area (Å²) < 4.78 is 0. The molecule has 1 aromatic rings. The molecule has 0 spiro atoms. The molecule has 104 valence electrons. The Labute approximate surface area is 113 Å². The maximum Gasteiger partial charge on any atom is 0.305 e. The molecule has 0 aromatic heterocycles. The largest absolute Gasteiger partial charge is 0.481 e. The molecule has 5 heteroatoms. The van der Waals surface area contributed by atoms with E-state index < -0.39 is 11.5 Å². The molecule has 0 aliphatic carbocycles. The molecular weight excluding hydrogens is 244 g/mol. The summed E-state index contributed by atoms with van der Waals surface area (Å²) in [5.74, 6) is -1.20. The molecule has 0 heterocycles. The number of rotatable bonds is 5. The molecule has 19 heavy (non-hydrogen) atoms. The highest BCUT2D eigenvalue weighted by molar-refractivity contribution is 5.95. The third-order valence-electron chi connectivity index (χ3n) is 2.69. The molecule has 1 amide bonds. The van der Waals surface area contributed by atoms with Gasteiger partial charge >= 0.3 is 5.97 Å². The van der Waals surface area contributed by atoms with Gasteiger partial charge in [0, 0.05) is 30.9 Å². The van der Waals surface area contributed by atoms with Gasteiger partial charge in [-0.05, 0) is 38.1 Å². The number of benzene rings is 1. The van der Waals surface area contributed by atoms with Gasteiger partial charge in [-0.2, -0.15) is 0 Å². The quantitative estimate of drug-likeness (QED) is 0.850. The third kappa shape index (κ3) is 4.62. The summed E-state index contributed by atoms with van der Waals surface area (Å²) in [7, 11) is 3.84. The van der Waals surface area contributed by atoms with Crippen LogP contribution in [0.4, 0.5) is 5.69 Å². The molecule has 0 saturated carbocycles. The Balaban J connectivity index is 2.75. The van der Waals surface area contributed by atoms with Gasteiger partial charge in [-0.15, -0.1) is 0 Å². The van der Waals surface area contributed by atoms with Crippen molar-refractivity contribution >= 4 is 17.6 Å². The van der Waals surface area contributed by atoms with Gasteiger partial charge in [-0.1, -0.05) is 0 Å². The number of carboxylic acids is 1. The van der Waals surface area contributed by atoms with Crippen LogP contribution in [0.15, 0.2) is 24.3 Å². The zero-order valence-electron chi connectivity index (χ0n) is 11.7. The van der Waals surface area contributed by atoms with Crippen LogP contribution in [-0.2, 0) is 4.79 Å². The molecule has 1 aromatic carbocycles. The monoisotopic (exact) mass is 264 g/mol. The van der Waals surface area contributed by atoms with E-state index in [2.05, 4.69) is 5.32 Å². The number of hydrogen-bond acceptors (Lipinski definition) is 3. The van der Waals surface area contributed by atoms with Crippen LogP contribution in [0.25, 0.3) is 0 Å². The lowest BCUT2D eigenvalue weighted by Crippen LogP contribution is -2.44. The van der Waals surface area contributed by atoms with Crippen molar-refractivity contribution in [3.63, 3.8) is 0 Å². The van der Waals surface area contributed by atoms with Crippen LogP contribution in [0.3, 0.4) is 0 Å². The van der Waals surface area contributed by atoms with E-state index in [-0.39, 0.29) is 12.3 Å². The highest BCUT2D eigenvalue weighted by Gasteiger charge is 2.24. The number of carbonyl (C=O) groups excluding carboxylic acids is 1. The van der Waals surface area contributed by atoms with Gasteiger partial charge in [0.1, 0.15) is 0 Å². The van der Waals surface area contributed by atoms with E-state index >= 15 is 0 Å². The predicted octanol–water partition coefficient (Wildman–Crippen LogP) is 1.74. The van der Waals surface area contributed by atoms with Crippen LogP contribution < -0.4 is 10.2 Å². The lowest BCUT2D eigenvalue weighted by molar-refractivity contribution is -0.138. The number of aliphatic carboxylic acids is 1. The predicted molar refractivity (Wildman–Crippen MR) is 74.6 cm³/mol. The smallest absolute Gasteiger partial charge is 0.305 e. The molecule has 0 aliphatic heterocycles. The average Bonchev–Trinajstić information content (AvgIpc) is 2.26. The molecule has 0 bridgehead atoms. The lowest BCUT2D eigenvalue weighted by atomic mass is 10.00. The summed E-state index contributed by atoms with van der Waals surface area (Å²) in [4.78, 5) is 24.6. The van der Waals surface area contributed by atoms with Crippen LogP contribution >= 0.6 is 0 Å². The van der Waals surface area contributed by atoms with Crippen molar-refractivity contribution in [3.05, 3.63) is 29.8 Å². The number of hydrogen-bond donors (Lipinski definition) is 2. The standard InChI is InChI=1S/C14H20N2O3/c1-14(2,9-12(17)18)15-13(19)10-5-7-11(8-6-10)16(3)4/h5-8H,9H2,1-4H3,(H,15,19)(H,17,18). The second-order valence-electron chi connectivity index (χ2n) is 5.35. The summed E-state index contributed by atoms with van der Waals surface area (Å²) in [5, 5.41) is 11.5. The van der Waals surface area contributed by atoms with E-state index in [0.29, 0.717) is 5.56 Å². The Morgan fingerprint density at radius 1 is 1.21 bits per heavy atom. The van der Waals surface area contributed by atoms with Crippen molar-refractivity contribution < 1.29 is 14.7 Å². The topological polar surface area (TPSA) is 69.6 Å². The van der Waals surface area contributed by atoms with Crippen LogP contribution in [0, 0.1) is 0 Å². The molecule has 0 aliphatic rings. The van der Waals surface area contributed by atoms with Crippen LogP contribution in [0.2, 0.25) is 0 Å². The van der Waals surface area contributed by atoms with Gasteiger partial charge in [0.15, 0.2) is 0 Å².